The second kappa shape index (κ2) is 8.25. The van der Waals surface area contributed by atoms with Gasteiger partial charge in [-0.1, -0.05) is 37.0 Å². The van der Waals surface area contributed by atoms with Crippen molar-refractivity contribution in [3.8, 4) is 0 Å². The molecule has 7 heteroatoms. The highest BCUT2D eigenvalue weighted by Crippen LogP contribution is 2.61. The number of halogens is 2. The molecular weight excluding hydrogens is 485 g/mol. The van der Waals surface area contributed by atoms with Crippen LogP contribution in [0.3, 0.4) is 0 Å². The Morgan fingerprint density at radius 3 is 2.79 bits per heavy atom. The number of aryl methyl sites for hydroxylation is 2. The highest BCUT2D eigenvalue weighted by atomic mass is 35.5. The first-order chi connectivity index (χ1) is 16.2. The fourth-order valence-corrected chi connectivity index (χ4v) is 8.72. The quantitative estimate of drug-likeness (QED) is 0.474. The molecule has 1 aromatic carbocycles. The van der Waals surface area contributed by atoms with Crippen molar-refractivity contribution >= 4 is 51.8 Å². The van der Waals surface area contributed by atoms with E-state index in [9.17, 15) is 4.79 Å². The van der Waals surface area contributed by atoms with E-state index in [0.717, 1.165) is 36.9 Å². The number of carbonyl (C=O) groups is 1. The average molecular weight is 517 g/mol. The van der Waals surface area contributed by atoms with Gasteiger partial charge in [-0.2, -0.15) is 5.10 Å². The Hall–Kier alpha value is -1.56. The van der Waals surface area contributed by atoms with Crippen molar-refractivity contribution in [3.05, 3.63) is 49.6 Å². The molecule has 1 N–H and O–H groups in total. The van der Waals surface area contributed by atoms with E-state index in [1.165, 1.54) is 34.6 Å². The van der Waals surface area contributed by atoms with Crippen molar-refractivity contribution in [2.45, 2.75) is 58.9 Å². The van der Waals surface area contributed by atoms with Gasteiger partial charge in [0.2, 0.25) is 0 Å². The number of nitrogens with zero attached hydrogens (tertiary/aromatic N) is 2. The van der Waals surface area contributed by atoms with Crippen LogP contribution in [0.25, 0.3) is 0 Å². The third kappa shape index (κ3) is 3.53. The third-order valence-electron chi connectivity index (χ3n) is 9.09. The molecule has 2 heterocycles. The normalized spacial score (nSPS) is 30.8. The summed E-state index contributed by atoms with van der Waals surface area (Å²) in [6.45, 7) is 7.71. The number of amides is 1. The summed E-state index contributed by atoms with van der Waals surface area (Å²) in [5, 5.41) is 11.4. The molecule has 5 unspecified atom stereocenters. The van der Waals surface area contributed by atoms with Crippen molar-refractivity contribution in [2.24, 2.45) is 34.2 Å². The number of hydrogen-bond donors (Lipinski definition) is 1. The molecule has 1 amide bonds. The highest BCUT2D eigenvalue weighted by Gasteiger charge is 2.54. The van der Waals surface area contributed by atoms with Crippen LogP contribution in [-0.2, 0) is 11.2 Å². The SMILES string of the molecule is Cc1cc2c(s1)CCC1C(C(=O)NCC3CCC4CC3C4(C)C)=NN(c3ccc(Cl)cc3Cl)C21. The molecule has 180 valence electrons. The number of benzene rings is 1. The van der Waals surface area contributed by atoms with Crippen LogP contribution < -0.4 is 10.3 Å². The number of hydrogen-bond acceptors (Lipinski definition) is 4. The number of rotatable bonds is 4. The first kappa shape index (κ1) is 22.9. The molecule has 0 spiro atoms. The Balaban J connectivity index is 1.28. The molecule has 1 aliphatic heterocycles. The van der Waals surface area contributed by atoms with E-state index >= 15 is 0 Å². The standard InChI is InChI=1S/C27H31Cl2N3OS/c1-14-10-19-23(34-14)9-7-18-24(31-32(25(18)19)22-8-6-17(28)12-21(22)29)26(33)30-13-15-4-5-16-11-20(15)27(16,2)3/h6,8,10,12,15-16,18,20,25H,4-5,7,9,11,13H2,1-3H3,(H,30,33). The molecule has 0 radical (unpaired) electrons. The zero-order valence-electron chi connectivity index (χ0n) is 19.9. The van der Waals surface area contributed by atoms with Crippen molar-refractivity contribution in [1.82, 2.24) is 5.32 Å². The topological polar surface area (TPSA) is 44.7 Å². The lowest BCUT2D eigenvalue weighted by Crippen LogP contribution is -2.55. The first-order valence-electron chi connectivity index (χ1n) is 12.4. The summed E-state index contributed by atoms with van der Waals surface area (Å²) in [7, 11) is 0. The van der Waals surface area contributed by atoms with Crippen molar-refractivity contribution < 1.29 is 4.79 Å². The fourth-order valence-electron chi connectivity index (χ4n) is 7.14. The predicted molar refractivity (Wildman–Crippen MR) is 141 cm³/mol. The Labute approximate surface area is 215 Å². The first-order valence-corrected chi connectivity index (χ1v) is 14.0. The van der Waals surface area contributed by atoms with Gasteiger partial charge in [-0.15, -0.1) is 11.3 Å². The molecule has 34 heavy (non-hydrogen) atoms. The van der Waals surface area contributed by atoms with Crippen LogP contribution in [0.1, 0.15) is 60.9 Å². The van der Waals surface area contributed by atoms with Crippen LogP contribution in [0.15, 0.2) is 29.4 Å². The molecule has 5 aliphatic rings. The number of nitrogens with one attached hydrogen (secondary N) is 1. The summed E-state index contributed by atoms with van der Waals surface area (Å²) in [6.07, 6.45) is 5.75. The summed E-state index contributed by atoms with van der Waals surface area (Å²) in [6, 6.07) is 7.76. The zero-order valence-corrected chi connectivity index (χ0v) is 22.2. The predicted octanol–water partition coefficient (Wildman–Crippen LogP) is 7.03. The molecule has 7 rings (SSSR count). The van der Waals surface area contributed by atoms with Gasteiger partial charge >= 0.3 is 0 Å². The van der Waals surface area contributed by atoms with Gasteiger partial charge < -0.3 is 5.32 Å². The molecule has 1 aromatic heterocycles. The highest BCUT2D eigenvalue weighted by molar-refractivity contribution is 7.12. The van der Waals surface area contributed by atoms with Gasteiger partial charge in [0.15, 0.2) is 0 Å². The van der Waals surface area contributed by atoms with Gasteiger partial charge in [-0.3, -0.25) is 9.80 Å². The molecule has 2 bridgehead atoms. The summed E-state index contributed by atoms with van der Waals surface area (Å²) >= 11 is 14.6. The van der Waals surface area contributed by atoms with Crippen LogP contribution in [-0.4, -0.2) is 18.2 Å². The molecule has 3 saturated carbocycles. The van der Waals surface area contributed by atoms with E-state index in [1.54, 1.807) is 6.07 Å². The zero-order chi connectivity index (χ0) is 23.8. The van der Waals surface area contributed by atoms with Crippen LogP contribution in [0, 0.1) is 36.0 Å². The Morgan fingerprint density at radius 1 is 1.24 bits per heavy atom. The van der Waals surface area contributed by atoms with Crippen LogP contribution in [0.5, 0.6) is 0 Å². The maximum atomic E-state index is 13.5. The summed E-state index contributed by atoms with van der Waals surface area (Å²) in [4.78, 5) is 16.2. The molecule has 4 nitrogen and oxygen atoms in total. The van der Waals surface area contributed by atoms with Crippen LogP contribution >= 0.6 is 34.5 Å². The van der Waals surface area contributed by atoms with Gasteiger partial charge in [0.05, 0.1) is 16.8 Å². The summed E-state index contributed by atoms with van der Waals surface area (Å²) < 4.78 is 0. The van der Waals surface area contributed by atoms with E-state index in [1.807, 2.05) is 28.5 Å². The summed E-state index contributed by atoms with van der Waals surface area (Å²) in [5.41, 5.74) is 3.15. The minimum atomic E-state index is -0.0164. The van der Waals surface area contributed by atoms with E-state index in [0.29, 0.717) is 27.1 Å². The van der Waals surface area contributed by atoms with Gasteiger partial charge in [0.25, 0.3) is 5.91 Å². The lowest BCUT2D eigenvalue weighted by molar-refractivity contribution is -0.119. The van der Waals surface area contributed by atoms with E-state index in [4.69, 9.17) is 28.3 Å². The lowest BCUT2D eigenvalue weighted by atomic mass is 9.45. The monoisotopic (exact) mass is 515 g/mol. The number of thiophene rings is 1. The number of anilines is 1. The second-order valence-electron chi connectivity index (χ2n) is 11.2. The largest absolute Gasteiger partial charge is 0.351 e. The number of carbonyl (C=O) groups excluding carboxylic acids is 1. The Morgan fingerprint density at radius 2 is 2.06 bits per heavy atom. The maximum Gasteiger partial charge on any atom is 0.267 e. The van der Waals surface area contributed by atoms with Gasteiger partial charge in [-0.05, 0) is 92.0 Å². The molecule has 3 fully saturated rings. The smallest absolute Gasteiger partial charge is 0.267 e. The number of hydrazone groups is 1. The van der Waals surface area contributed by atoms with Crippen molar-refractivity contribution in [2.75, 3.05) is 11.6 Å². The van der Waals surface area contributed by atoms with E-state index in [-0.39, 0.29) is 17.9 Å². The molecule has 2 aromatic rings. The fraction of sp³-hybridized carbons (Fsp3) is 0.556. The van der Waals surface area contributed by atoms with Crippen molar-refractivity contribution in [1.29, 1.82) is 0 Å². The van der Waals surface area contributed by atoms with E-state index < -0.39 is 0 Å². The average Bonchev–Trinajstić information content (AvgIpc) is 3.37. The molecule has 5 atom stereocenters. The minimum absolute atomic E-state index is 0.00544. The van der Waals surface area contributed by atoms with Gasteiger partial charge in [-0.25, -0.2) is 0 Å². The molecule has 4 aliphatic carbocycles. The van der Waals surface area contributed by atoms with Crippen molar-refractivity contribution in [3.63, 3.8) is 0 Å². The third-order valence-corrected chi connectivity index (χ3v) is 10.8. The van der Waals surface area contributed by atoms with Gasteiger partial charge in [0, 0.05) is 27.2 Å². The maximum absolute atomic E-state index is 13.5. The Kier molecular flexibility index (Phi) is 5.55. The second-order valence-corrected chi connectivity index (χ2v) is 13.3. The number of fused-ring (bicyclic) bond motifs is 5. The van der Waals surface area contributed by atoms with Crippen LogP contribution in [0.2, 0.25) is 10.0 Å². The van der Waals surface area contributed by atoms with Gasteiger partial charge in [0.1, 0.15) is 5.71 Å². The van der Waals surface area contributed by atoms with E-state index in [2.05, 4.69) is 32.2 Å². The Bertz CT molecular complexity index is 1190. The lowest BCUT2D eigenvalue weighted by Gasteiger charge is -2.60. The minimum Gasteiger partial charge on any atom is -0.351 e. The molecule has 0 saturated heterocycles. The van der Waals surface area contributed by atoms with Crippen LogP contribution in [0.4, 0.5) is 5.69 Å². The summed E-state index contributed by atoms with van der Waals surface area (Å²) in [5.74, 6) is 2.20. The molecular formula is C27H31Cl2N3OS.